The number of hydrogen-bond acceptors (Lipinski definition) is 3. The Hall–Kier alpha value is -1.22. The molecule has 3 nitrogen and oxygen atoms in total. The summed E-state index contributed by atoms with van der Waals surface area (Å²) in [5.41, 5.74) is 2.69. The molecule has 0 saturated heterocycles. The molecule has 1 aromatic rings. The van der Waals surface area contributed by atoms with E-state index in [1.807, 2.05) is 13.8 Å². The summed E-state index contributed by atoms with van der Waals surface area (Å²) < 4.78 is 9.80. The Labute approximate surface area is 100 Å². The highest BCUT2D eigenvalue weighted by Crippen LogP contribution is 2.31. The van der Waals surface area contributed by atoms with Crippen molar-refractivity contribution in [1.29, 1.82) is 0 Å². The van der Waals surface area contributed by atoms with Gasteiger partial charge in [0.25, 0.3) is 0 Å². The molecule has 0 radical (unpaired) electrons. The van der Waals surface area contributed by atoms with Gasteiger partial charge < -0.3 is 9.47 Å². The first-order chi connectivity index (χ1) is 7.52. The van der Waals surface area contributed by atoms with Gasteiger partial charge in [0.1, 0.15) is 5.75 Å². The summed E-state index contributed by atoms with van der Waals surface area (Å²) in [7, 11) is 2.93. The molecule has 0 aliphatic rings. The first-order valence-corrected chi connectivity index (χ1v) is 5.32. The van der Waals surface area contributed by atoms with E-state index < -0.39 is 11.3 Å². The average Bonchev–Trinajstić information content (AvgIpc) is 2.30. The molecular formula is C12H15ClO3. The van der Waals surface area contributed by atoms with E-state index in [1.165, 1.54) is 7.11 Å². The molecule has 1 atom stereocenters. The zero-order valence-corrected chi connectivity index (χ0v) is 10.6. The summed E-state index contributed by atoms with van der Waals surface area (Å²) in [5, 5.41) is -0.769. The predicted molar refractivity (Wildman–Crippen MR) is 63.1 cm³/mol. The third-order valence-corrected chi connectivity index (χ3v) is 3.09. The molecule has 16 heavy (non-hydrogen) atoms. The molecule has 1 aromatic carbocycles. The van der Waals surface area contributed by atoms with E-state index in [-0.39, 0.29) is 0 Å². The summed E-state index contributed by atoms with van der Waals surface area (Å²) in [6.45, 7) is 3.84. The molecule has 0 fully saturated rings. The third kappa shape index (κ3) is 2.30. The van der Waals surface area contributed by atoms with Gasteiger partial charge in [0, 0.05) is 0 Å². The number of carbonyl (C=O) groups is 1. The molecule has 0 aliphatic carbocycles. The quantitative estimate of drug-likeness (QED) is 0.604. The molecule has 0 aromatic heterocycles. The van der Waals surface area contributed by atoms with Crippen molar-refractivity contribution < 1.29 is 14.3 Å². The van der Waals surface area contributed by atoms with Crippen LogP contribution >= 0.6 is 11.6 Å². The molecule has 88 valence electrons. The van der Waals surface area contributed by atoms with Crippen LogP contribution in [0.1, 0.15) is 22.1 Å². The Morgan fingerprint density at radius 2 is 1.88 bits per heavy atom. The van der Waals surface area contributed by atoms with Gasteiger partial charge in [-0.05, 0) is 36.6 Å². The normalized spacial score (nSPS) is 12.1. The molecule has 1 rings (SSSR count). The first kappa shape index (κ1) is 12.8. The van der Waals surface area contributed by atoms with E-state index >= 15 is 0 Å². The van der Waals surface area contributed by atoms with Crippen molar-refractivity contribution in [1.82, 2.24) is 0 Å². The molecule has 0 amide bonds. The molecule has 0 heterocycles. The number of carbonyl (C=O) groups excluding carboxylic acids is 1. The average molecular weight is 243 g/mol. The van der Waals surface area contributed by atoms with Crippen LogP contribution in [0.3, 0.4) is 0 Å². The maximum atomic E-state index is 11.3. The van der Waals surface area contributed by atoms with Gasteiger partial charge in [-0.2, -0.15) is 0 Å². The van der Waals surface area contributed by atoms with E-state index in [1.54, 1.807) is 19.2 Å². The van der Waals surface area contributed by atoms with Crippen molar-refractivity contribution >= 4 is 17.6 Å². The maximum absolute atomic E-state index is 11.3. The standard InChI is InChI=1S/C12H15ClO3/c1-7-8(2)10(15-3)6-5-9(7)11(13)12(14)16-4/h5-6,11H,1-4H3. The molecule has 1 unspecified atom stereocenters. The second-order valence-corrected chi connectivity index (χ2v) is 3.93. The van der Waals surface area contributed by atoms with Gasteiger partial charge in [0.2, 0.25) is 0 Å². The number of hydrogen-bond donors (Lipinski definition) is 0. The lowest BCUT2D eigenvalue weighted by atomic mass is 10.00. The van der Waals surface area contributed by atoms with Gasteiger partial charge in [0.05, 0.1) is 14.2 Å². The van der Waals surface area contributed by atoms with Crippen molar-refractivity contribution in [2.24, 2.45) is 0 Å². The van der Waals surface area contributed by atoms with Crippen molar-refractivity contribution in [3.63, 3.8) is 0 Å². The fourth-order valence-corrected chi connectivity index (χ4v) is 1.87. The highest BCUT2D eigenvalue weighted by Gasteiger charge is 2.21. The van der Waals surface area contributed by atoms with Crippen LogP contribution in [0.15, 0.2) is 12.1 Å². The maximum Gasteiger partial charge on any atom is 0.328 e. The van der Waals surface area contributed by atoms with Crippen LogP contribution < -0.4 is 4.74 Å². The molecule has 0 saturated carbocycles. The van der Waals surface area contributed by atoms with Gasteiger partial charge in [0.15, 0.2) is 5.38 Å². The topological polar surface area (TPSA) is 35.5 Å². The lowest BCUT2D eigenvalue weighted by Crippen LogP contribution is -2.10. The SMILES string of the molecule is COC(=O)C(Cl)c1ccc(OC)c(C)c1C. The minimum atomic E-state index is -0.769. The van der Waals surface area contributed by atoms with Crippen molar-refractivity contribution in [2.45, 2.75) is 19.2 Å². The second kappa shape index (κ2) is 5.21. The van der Waals surface area contributed by atoms with Crippen LogP contribution in [0.25, 0.3) is 0 Å². The Morgan fingerprint density at radius 3 is 2.38 bits per heavy atom. The summed E-state index contributed by atoms with van der Waals surface area (Å²) >= 11 is 6.01. The van der Waals surface area contributed by atoms with Gasteiger partial charge in [-0.1, -0.05) is 6.07 Å². The zero-order valence-electron chi connectivity index (χ0n) is 9.83. The smallest absolute Gasteiger partial charge is 0.328 e. The molecule has 0 spiro atoms. The van der Waals surface area contributed by atoms with Crippen molar-refractivity contribution in [3.8, 4) is 5.75 Å². The third-order valence-electron chi connectivity index (χ3n) is 2.68. The van der Waals surface area contributed by atoms with E-state index in [0.717, 1.165) is 22.4 Å². The fourth-order valence-electron chi connectivity index (χ4n) is 1.54. The molecule has 0 bridgehead atoms. The van der Waals surface area contributed by atoms with Crippen LogP contribution in [0.4, 0.5) is 0 Å². The highest BCUT2D eigenvalue weighted by atomic mass is 35.5. The number of methoxy groups -OCH3 is 2. The number of halogens is 1. The summed E-state index contributed by atoms with van der Waals surface area (Å²) in [6.07, 6.45) is 0. The minimum absolute atomic E-state index is 0.450. The van der Waals surface area contributed by atoms with Crippen LogP contribution in [0, 0.1) is 13.8 Å². The largest absolute Gasteiger partial charge is 0.496 e. The number of esters is 1. The van der Waals surface area contributed by atoms with E-state index in [0.29, 0.717) is 0 Å². The lowest BCUT2D eigenvalue weighted by molar-refractivity contribution is -0.140. The monoisotopic (exact) mass is 242 g/mol. The molecular weight excluding hydrogens is 228 g/mol. The van der Waals surface area contributed by atoms with Crippen molar-refractivity contribution in [3.05, 3.63) is 28.8 Å². The minimum Gasteiger partial charge on any atom is -0.496 e. The highest BCUT2D eigenvalue weighted by molar-refractivity contribution is 6.30. The summed E-state index contributed by atoms with van der Waals surface area (Å²) in [4.78, 5) is 11.3. The Balaban J connectivity index is 3.17. The predicted octanol–water partition coefficient (Wildman–Crippen LogP) is 2.76. The summed E-state index contributed by atoms with van der Waals surface area (Å²) in [5.74, 6) is 0.337. The lowest BCUT2D eigenvalue weighted by Gasteiger charge is -2.15. The van der Waals surface area contributed by atoms with Gasteiger partial charge >= 0.3 is 5.97 Å². The molecule has 0 aliphatic heterocycles. The van der Waals surface area contributed by atoms with Crippen LogP contribution in [0.5, 0.6) is 5.75 Å². The van der Waals surface area contributed by atoms with Crippen LogP contribution in [-0.2, 0) is 9.53 Å². The number of alkyl halides is 1. The molecule has 4 heteroatoms. The fraction of sp³-hybridized carbons (Fsp3) is 0.417. The molecule has 0 N–H and O–H groups in total. The van der Waals surface area contributed by atoms with E-state index in [4.69, 9.17) is 16.3 Å². The Morgan fingerprint density at radius 1 is 1.25 bits per heavy atom. The Bertz CT molecular complexity index is 401. The van der Waals surface area contributed by atoms with Crippen LogP contribution in [-0.4, -0.2) is 20.2 Å². The first-order valence-electron chi connectivity index (χ1n) is 4.89. The van der Waals surface area contributed by atoms with Gasteiger partial charge in [-0.15, -0.1) is 11.6 Å². The Kier molecular flexibility index (Phi) is 4.19. The number of rotatable bonds is 3. The number of ether oxygens (including phenoxy) is 2. The zero-order chi connectivity index (χ0) is 12.3. The van der Waals surface area contributed by atoms with E-state index in [2.05, 4.69) is 4.74 Å². The van der Waals surface area contributed by atoms with Crippen LogP contribution in [0.2, 0.25) is 0 Å². The number of benzene rings is 1. The van der Waals surface area contributed by atoms with Crippen molar-refractivity contribution in [2.75, 3.05) is 14.2 Å². The summed E-state index contributed by atoms with van der Waals surface area (Å²) in [6, 6.07) is 3.59. The van der Waals surface area contributed by atoms with E-state index in [9.17, 15) is 4.79 Å². The van der Waals surface area contributed by atoms with Gasteiger partial charge in [-0.3, -0.25) is 4.79 Å². The van der Waals surface area contributed by atoms with Gasteiger partial charge in [-0.25, -0.2) is 0 Å². The second-order valence-electron chi connectivity index (χ2n) is 3.49.